The Kier molecular flexibility index (Phi) is 10.6. The monoisotopic (exact) mass is 1020 g/mol. The topological polar surface area (TPSA) is 39.2 Å². The number of fused-ring (bicyclic) bond motifs is 10. The lowest BCUT2D eigenvalue weighted by Crippen LogP contribution is -2.61. The van der Waals surface area contributed by atoms with Gasteiger partial charge in [-0.25, -0.2) is 0 Å². The van der Waals surface area contributed by atoms with E-state index in [0.29, 0.717) is 0 Å². The van der Waals surface area contributed by atoms with Crippen molar-refractivity contribution in [3.8, 4) is 0 Å². The number of aryl methyl sites for hydroxylation is 6. The van der Waals surface area contributed by atoms with Crippen molar-refractivity contribution >= 4 is 135 Å². The van der Waals surface area contributed by atoms with Gasteiger partial charge in [-0.15, -0.1) is 0 Å². The summed E-state index contributed by atoms with van der Waals surface area (Å²) in [5.41, 5.74) is 27.7. The van der Waals surface area contributed by atoms with Gasteiger partial charge in [0.1, 0.15) is 22.3 Å². The summed E-state index contributed by atoms with van der Waals surface area (Å²) in [4.78, 5) is 9.70. The maximum absolute atomic E-state index is 7.16. The van der Waals surface area contributed by atoms with Gasteiger partial charge >= 0.3 is 0 Å². The van der Waals surface area contributed by atoms with Gasteiger partial charge < -0.3 is 28.4 Å². The van der Waals surface area contributed by atoms with Gasteiger partial charge in [0, 0.05) is 90.6 Å². The van der Waals surface area contributed by atoms with Crippen molar-refractivity contribution in [3.63, 3.8) is 0 Å². The fourth-order valence-corrected chi connectivity index (χ4v) is 13.5. The molecule has 0 amide bonds. The van der Waals surface area contributed by atoms with Crippen LogP contribution in [0.2, 0.25) is 0 Å². The van der Waals surface area contributed by atoms with Crippen LogP contribution in [0.1, 0.15) is 33.4 Å². The molecule has 4 heterocycles. The molecule has 79 heavy (non-hydrogen) atoms. The Hall–Kier alpha value is -9.72. The summed E-state index contributed by atoms with van der Waals surface area (Å²) in [6.07, 6.45) is 0. The molecule has 2 aliphatic rings. The first-order valence-corrected chi connectivity index (χ1v) is 27.3. The Labute approximate surface area is 460 Å². The van der Waals surface area contributed by atoms with E-state index in [0.717, 1.165) is 101 Å². The molecule has 0 atom stereocenters. The van der Waals surface area contributed by atoms with Gasteiger partial charge in [0.15, 0.2) is 0 Å². The Bertz CT molecular complexity index is 4170. The lowest BCUT2D eigenvalue weighted by molar-refractivity contribution is 0.669. The molecule has 378 valence electrons. The van der Waals surface area contributed by atoms with Crippen LogP contribution >= 0.6 is 0 Å². The third-order valence-corrected chi connectivity index (χ3v) is 16.4. The van der Waals surface area contributed by atoms with Crippen LogP contribution in [-0.2, 0) is 0 Å². The molecule has 13 aromatic rings. The molecular formula is C72H55BN4O2. The maximum atomic E-state index is 7.16. The lowest BCUT2D eigenvalue weighted by Gasteiger charge is -2.45. The largest absolute Gasteiger partial charge is 0.456 e. The molecule has 0 radical (unpaired) electrons. The minimum absolute atomic E-state index is 0.180. The SMILES string of the molecule is Cc1cc(C)c(N2c3cc4c(cc3B3c5cc6oc7cc(N(c8ccccc8)c8ccccc8)ccc7c6cc5N(c5c(C)cc(C)cc5C)c5cccc2c53)oc2cc(N(c3ccccc3)c3ccccc3)ccc24)c(C)c1. The standard InChI is InChI=1S/C72H55BN4O2/c1-44-34-46(3)71(47(4)35-44)76-62-28-19-29-63-70(62)73(60-42-68-58(40-64(60)76)56-32-30-54(38-66(56)78-68)74(50-20-11-7-12-21-50)51-22-13-8-14-23-51)61-43-69-59(41-65(61)77(63)72-48(5)36-45(2)37-49(72)6)57-33-31-55(39-67(57)79-69)75(52-24-15-9-16-25-52)53-26-17-10-18-27-53/h7-43H,1-6H3. The third kappa shape index (κ3) is 7.33. The van der Waals surface area contributed by atoms with E-state index in [1.165, 1.54) is 61.1 Å². The predicted octanol–water partition coefficient (Wildman–Crippen LogP) is 18.4. The minimum atomic E-state index is -0.180. The van der Waals surface area contributed by atoms with Gasteiger partial charge in [0.25, 0.3) is 6.71 Å². The maximum Gasteiger partial charge on any atom is 0.252 e. The summed E-state index contributed by atoms with van der Waals surface area (Å²) in [6.45, 7) is 13.3. The van der Waals surface area contributed by atoms with Crippen LogP contribution in [0.4, 0.5) is 68.2 Å². The molecule has 0 aliphatic carbocycles. The molecule has 11 aromatic carbocycles. The molecule has 0 saturated heterocycles. The van der Waals surface area contributed by atoms with Crippen molar-refractivity contribution in [2.75, 3.05) is 19.6 Å². The fraction of sp³-hybridized carbons (Fsp3) is 0.0833. The number of anilines is 12. The van der Waals surface area contributed by atoms with Gasteiger partial charge in [-0.1, -0.05) is 114 Å². The second kappa shape index (κ2) is 17.9. The summed E-state index contributed by atoms with van der Waals surface area (Å²) in [5, 5.41) is 4.29. The molecular weight excluding hydrogens is 964 g/mol. The van der Waals surface area contributed by atoms with Gasteiger partial charge in [-0.05, 0) is 189 Å². The Morgan fingerprint density at radius 3 is 1.00 bits per heavy atom. The molecule has 7 heteroatoms. The highest BCUT2D eigenvalue weighted by atomic mass is 16.3. The van der Waals surface area contributed by atoms with E-state index in [4.69, 9.17) is 8.83 Å². The van der Waals surface area contributed by atoms with Crippen molar-refractivity contribution in [2.45, 2.75) is 41.5 Å². The summed E-state index contributed by atoms with van der Waals surface area (Å²) >= 11 is 0. The molecule has 0 N–H and O–H groups in total. The minimum Gasteiger partial charge on any atom is -0.456 e. The molecule has 0 bridgehead atoms. The van der Waals surface area contributed by atoms with Crippen molar-refractivity contribution in [1.29, 1.82) is 0 Å². The number of furan rings is 2. The van der Waals surface area contributed by atoms with Crippen molar-refractivity contribution in [1.82, 2.24) is 0 Å². The van der Waals surface area contributed by atoms with Crippen LogP contribution in [0.25, 0.3) is 43.9 Å². The molecule has 0 unspecified atom stereocenters. The molecule has 15 rings (SSSR count). The van der Waals surface area contributed by atoms with E-state index < -0.39 is 0 Å². The number of rotatable bonds is 8. The van der Waals surface area contributed by atoms with Gasteiger partial charge in [0.2, 0.25) is 0 Å². The van der Waals surface area contributed by atoms with Crippen LogP contribution in [0.3, 0.4) is 0 Å². The normalized spacial score (nSPS) is 12.6. The highest BCUT2D eigenvalue weighted by Crippen LogP contribution is 2.50. The molecule has 6 nitrogen and oxygen atoms in total. The average molecular weight is 1020 g/mol. The molecule has 2 aromatic heterocycles. The zero-order valence-electron chi connectivity index (χ0n) is 45.0. The third-order valence-electron chi connectivity index (χ3n) is 16.4. The number of para-hydroxylation sites is 4. The van der Waals surface area contributed by atoms with Crippen LogP contribution in [0, 0.1) is 41.5 Å². The van der Waals surface area contributed by atoms with E-state index in [2.05, 4.69) is 286 Å². The first-order chi connectivity index (χ1) is 38.6. The first kappa shape index (κ1) is 46.6. The Morgan fingerprint density at radius 1 is 0.304 bits per heavy atom. The van der Waals surface area contributed by atoms with Gasteiger partial charge in [0.05, 0.1) is 11.4 Å². The second-order valence-electron chi connectivity index (χ2n) is 21.7. The van der Waals surface area contributed by atoms with Crippen molar-refractivity contribution in [2.24, 2.45) is 0 Å². The smallest absolute Gasteiger partial charge is 0.252 e. The van der Waals surface area contributed by atoms with E-state index in [1.54, 1.807) is 0 Å². The summed E-state index contributed by atoms with van der Waals surface area (Å²) in [5.74, 6) is 0. The molecule has 2 aliphatic heterocycles. The molecule has 0 fully saturated rings. The number of benzene rings is 11. The highest BCUT2D eigenvalue weighted by molar-refractivity contribution is 7.00. The number of hydrogen-bond donors (Lipinski definition) is 0. The summed E-state index contributed by atoms with van der Waals surface area (Å²) < 4.78 is 14.3. The van der Waals surface area contributed by atoms with E-state index in [1.807, 2.05) is 0 Å². The summed E-state index contributed by atoms with van der Waals surface area (Å²) in [7, 11) is 0. The van der Waals surface area contributed by atoms with Crippen molar-refractivity contribution in [3.05, 3.63) is 258 Å². The van der Waals surface area contributed by atoms with E-state index >= 15 is 0 Å². The number of nitrogens with zero attached hydrogens (tertiary/aromatic N) is 4. The van der Waals surface area contributed by atoms with Crippen LogP contribution in [0.15, 0.2) is 233 Å². The number of hydrogen-bond acceptors (Lipinski definition) is 6. The highest BCUT2D eigenvalue weighted by Gasteiger charge is 2.45. The zero-order valence-corrected chi connectivity index (χ0v) is 45.0. The lowest BCUT2D eigenvalue weighted by atomic mass is 9.33. The van der Waals surface area contributed by atoms with Gasteiger partial charge in [-0.2, -0.15) is 0 Å². The van der Waals surface area contributed by atoms with Crippen LogP contribution in [0.5, 0.6) is 0 Å². The van der Waals surface area contributed by atoms with Crippen LogP contribution < -0.4 is 36.0 Å². The van der Waals surface area contributed by atoms with E-state index in [-0.39, 0.29) is 6.71 Å². The second-order valence-corrected chi connectivity index (χ2v) is 21.7. The Balaban J connectivity index is 0.990. The van der Waals surface area contributed by atoms with E-state index in [9.17, 15) is 0 Å². The quantitative estimate of drug-likeness (QED) is 0.141. The molecule has 0 saturated carbocycles. The average Bonchev–Trinajstić information content (AvgIpc) is 4.18. The molecule has 0 spiro atoms. The predicted molar refractivity (Wildman–Crippen MR) is 333 cm³/mol. The van der Waals surface area contributed by atoms with Crippen LogP contribution in [-0.4, -0.2) is 6.71 Å². The zero-order chi connectivity index (χ0) is 53.2. The Morgan fingerprint density at radius 2 is 0.646 bits per heavy atom. The van der Waals surface area contributed by atoms with Gasteiger partial charge in [-0.3, -0.25) is 0 Å². The summed E-state index contributed by atoms with van der Waals surface area (Å²) in [6, 6.07) is 81.4. The van der Waals surface area contributed by atoms with Crippen molar-refractivity contribution < 1.29 is 8.83 Å². The first-order valence-electron chi connectivity index (χ1n) is 27.3. The fourth-order valence-electron chi connectivity index (χ4n) is 13.5.